The Balaban J connectivity index is 2.11. The fraction of sp³-hybridized carbons (Fsp3) is 0.200. The number of sulfonamides is 1. The van der Waals surface area contributed by atoms with Crippen LogP contribution in [0.5, 0.6) is 17.4 Å². The Morgan fingerprint density at radius 2 is 1.73 bits per heavy atom. The fourth-order valence-electron chi connectivity index (χ4n) is 2.81. The number of rotatable bonds is 7. The zero-order chi connectivity index (χ0) is 21.9. The molecule has 0 aliphatic heterocycles. The van der Waals surface area contributed by atoms with Crippen molar-refractivity contribution in [2.45, 2.75) is 6.54 Å². The third-order valence-corrected chi connectivity index (χ3v) is 5.44. The number of phenolic OH excluding ortho intramolecular Hbond substituents is 1. The molecule has 1 heterocycles. The molecule has 2 aromatic carbocycles. The van der Waals surface area contributed by atoms with Gasteiger partial charge in [-0.1, -0.05) is 12.1 Å². The van der Waals surface area contributed by atoms with Crippen LogP contribution in [0, 0.1) is 5.82 Å². The monoisotopic (exact) mass is 433 g/mol. The van der Waals surface area contributed by atoms with Crippen LogP contribution in [-0.4, -0.2) is 44.2 Å². The standard InChI is InChI=1S/C20H20FN3O5S/c1-28-15-7-4-13(5-8-15)12-24(30(3,26)27)19-11-18(22-23-20(19)29-2)16-10-14(25)6-9-17(16)21/h4-11,25H,12H2,1-3H3. The van der Waals surface area contributed by atoms with Crippen molar-refractivity contribution in [1.29, 1.82) is 0 Å². The van der Waals surface area contributed by atoms with E-state index in [1.165, 1.54) is 32.4 Å². The van der Waals surface area contributed by atoms with Crippen LogP contribution >= 0.6 is 0 Å². The van der Waals surface area contributed by atoms with Gasteiger partial charge in [-0.15, -0.1) is 10.2 Å². The molecule has 3 rings (SSSR count). The number of phenols is 1. The summed E-state index contributed by atoms with van der Waals surface area (Å²) in [5.41, 5.74) is 0.792. The Labute approximate surface area is 173 Å². The predicted octanol–water partition coefficient (Wildman–Crippen LogP) is 2.97. The van der Waals surface area contributed by atoms with Crippen molar-refractivity contribution in [3.8, 4) is 28.6 Å². The molecule has 1 N–H and O–H groups in total. The Kier molecular flexibility index (Phi) is 6.06. The van der Waals surface area contributed by atoms with E-state index in [2.05, 4.69) is 10.2 Å². The Morgan fingerprint density at radius 3 is 2.33 bits per heavy atom. The van der Waals surface area contributed by atoms with E-state index in [0.717, 1.165) is 16.6 Å². The molecule has 0 saturated carbocycles. The molecule has 0 bridgehead atoms. The van der Waals surface area contributed by atoms with Gasteiger partial charge in [0, 0.05) is 5.56 Å². The number of benzene rings is 2. The Hall–Kier alpha value is -3.40. The third kappa shape index (κ3) is 4.60. The number of anilines is 1. The van der Waals surface area contributed by atoms with Crippen LogP contribution in [0.4, 0.5) is 10.1 Å². The van der Waals surface area contributed by atoms with Crippen molar-refractivity contribution in [2.24, 2.45) is 0 Å². The van der Waals surface area contributed by atoms with Crippen LogP contribution in [0.15, 0.2) is 48.5 Å². The molecule has 10 heteroatoms. The second kappa shape index (κ2) is 8.54. The third-order valence-electron chi connectivity index (χ3n) is 4.31. The van der Waals surface area contributed by atoms with Gasteiger partial charge in [0.15, 0.2) is 0 Å². The number of aromatic hydroxyl groups is 1. The predicted molar refractivity (Wildman–Crippen MR) is 110 cm³/mol. The minimum absolute atomic E-state index is 0.0210. The van der Waals surface area contributed by atoms with Crippen LogP contribution in [0.1, 0.15) is 5.56 Å². The summed E-state index contributed by atoms with van der Waals surface area (Å²) in [6.45, 7) is -0.0210. The zero-order valence-corrected chi connectivity index (χ0v) is 17.4. The van der Waals surface area contributed by atoms with Crippen LogP contribution in [-0.2, 0) is 16.6 Å². The van der Waals surface area contributed by atoms with E-state index < -0.39 is 15.8 Å². The maximum atomic E-state index is 14.3. The van der Waals surface area contributed by atoms with Crippen molar-refractivity contribution in [1.82, 2.24) is 10.2 Å². The Bertz CT molecular complexity index is 1150. The van der Waals surface area contributed by atoms with E-state index in [9.17, 15) is 17.9 Å². The highest BCUT2D eigenvalue weighted by Crippen LogP contribution is 2.34. The summed E-state index contributed by atoms with van der Waals surface area (Å²) in [6.07, 6.45) is 1.05. The first-order valence-electron chi connectivity index (χ1n) is 8.74. The van der Waals surface area contributed by atoms with Gasteiger partial charge in [-0.2, -0.15) is 0 Å². The number of hydrogen-bond donors (Lipinski definition) is 1. The van der Waals surface area contributed by atoms with Crippen LogP contribution in [0.25, 0.3) is 11.3 Å². The molecule has 0 aliphatic rings. The summed E-state index contributed by atoms with van der Waals surface area (Å²) in [6, 6.07) is 11.7. The number of hydrogen-bond acceptors (Lipinski definition) is 7. The average Bonchev–Trinajstić information content (AvgIpc) is 2.73. The van der Waals surface area contributed by atoms with Gasteiger partial charge in [0.1, 0.15) is 23.0 Å². The molecule has 8 nitrogen and oxygen atoms in total. The van der Waals surface area contributed by atoms with Gasteiger partial charge in [-0.3, -0.25) is 4.31 Å². The summed E-state index contributed by atoms with van der Waals surface area (Å²) < 4.78 is 50.8. The lowest BCUT2D eigenvalue weighted by Gasteiger charge is -2.24. The number of halogens is 1. The first kappa shape index (κ1) is 21.3. The van der Waals surface area contributed by atoms with Crippen molar-refractivity contribution < 1.29 is 27.4 Å². The SMILES string of the molecule is COc1ccc(CN(c2cc(-c3cc(O)ccc3F)nnc2OC)S(C)(=O)=O)cc1. The number of ether oxygens (including phenoxy) is 2. The lowest BCUT2D eigenvalue weighted by Crippen LogP contribution is -2.30. The number of nitrogens with zero attached hydrogens (tertiary/aromatic N) is 3. The van der Waals surface area contributed by atoms with E-state index in [1.807, 2.05) is 0 Å². The summed E-state index contributed by atoms with van der Waals surface area (Å²) >= 11 is 0. The second-order valence-electron chi connectivity index (χ2n) is 6.41. The highest BCUT2D eigenvalue weighted by molar-refractivity contribution is 7.92. The minimum Gasteiger partial charge on any atom is -0.508 e. The molecule has 0 saturated heterocycles. The first-order chi connectivity index (χ1) is 14.2. The van der Waals surface area contributed by atoms with Crippen molar-refractivity contribution in [3.63, 3.8) is 0 Å². The smallest absolute Gasteiger partial charge is 0.258 e. The van der Waals surface area contributed by atoms with Gasteiger partial charge in [0.05, 0.1) is 32.7 Å². The normalized spacial score (nSPS) is 11.2. The van der Waals surface area contributed by atoms with Crippen molar-refractivity contribution in [2.75, 3.05) is 24.8 Å². The lowest BCUT2D eigenvalue weighted by molar-refractivity contribution is 0.393. The van der Waals surface area contributed by atoms with Gasteiger partial charge >= 0.3 is 0 Å². The van der Waals surface area contributed by atoms with E-state index in [1.54, 1.807) is 24.3 Å². The van der Waals surface area contributed by atoms with Gasteiger partial charge in [-0.05, 0) is 42.0 Å². The molecule has 158 valence electrons. The molecule has 0 atom stereocenters. The molecule has 0 radical (unpaired) electrons. The van der Waals surface area contributed by atoms with E-state index in [-0.39, 0.29) is 35.1 Å². The molecule has 0 aliphatic carbocycles. The van der Waals surface area contributed by atoms with E-state index in [0.29, 0.717) is 11.3 Å². The second-order valence-corrected chi connectivity index (χ2v) is 8.31. The molecule has 0 spiro atoms. The van der Waals surface area contributed by atoms with Gasteiger partial charge < -0.3 is 14.6 Å². The van der Waals surface area contributed by atoms with Crippen LogP contribution in [0.2, 0.25) is 0 Å². The maximum Gasteiger partial charge on any atom is 0.258 e. The highest BCUT2D eigenvalue weighted by atomic mass is 32.2. The minimum atomic E-state index is -3.77. The zero-order valence-electron chi connectivity index (χ0n) is 16.5. The van der Waals surface area contributed by atoms with Gasteiger partial charge in [0.25, 0.3) is 5.88 Å². The quantitative estimate of drug-likeness (QED) is 0.611. The Morgan fingerprint density at radius 1 is 1.03 bits per heavy atom. The van der Waals surface area contributed by atoms with Gasteiger partial charge in [-0.25, -0.2) is 12.8 Å². The fourth-order valence-corrected chi connectivity index (χ4v) is 3.69. The molecule has 0 fully saturated rings. The van der Waals surface area contributed by atoms with Crippen LogP contribution in [0.3, 0.4) is 0 Å². The van der Waals surface area contributed by atoms with E-state index >= 15 is 0 Å². The molecule has 30 heavy (non-hydrogen) atoms. The summed E-state index contributed by atoms with van der Waals surface area (Å²) in [7, 11) is -0.906. The summed E-state index contributed by atoms with van der Waals surface area (Å²) in [5.74, 6) is -0.212. The molecule has 0 unspecified atom stereocenters. The van der Waals surface area contributed by atoms with Crippen molar-refractivity contribution in [3.05, 3.63) is 59.9 Å². The summed E-state index contributed by atoms with van der Waals surface area (Å²) in [4.78, 5) is 0. The summed E-state index contributed by atoms with van der Waals surface area (Å²) in [5, 5.41) is 17.5. The van der Waals surface area contributed by atoms with E-state index in [4.69, 9.17) is 9.47 Å². The molecule has 3 aromatic rings. The lowest BCUT2D eigenvalue weighted by atomic mass is 10.1. The first-order valence-corrected chi connectivity index (χ1v) is 10.6. The molecule has 0 amide bonds. The molecule has 1 aromatic heterocycles. The maximum absolute atomic E-state index is 14.3. The highest BCUT2D eigenvalue weighted by Gasteiger charge is 2.24. The van der Waals surface area contributed by atoms with Gasteiger partial charge in [0.2, 0.25) is 10.0 Å². The van der Waals surface area contributed by atoms with Crippen LogP contribution < -0.4 is 13.8 Å². The largest absolute Gasteiger partial charge is 0.508 e. The number of aromatic nitrogens is 2. The number of methoxy groups -OCH3 is 2. The molecular weight excluding hydrogens is 413 g/mol. The van der Waals surface area contributed by atoms with Crippen molar-refractivity contribution >= 4 is 15.7 Å². The topological polar surface area (TPSA) is 102 Å². The molecular formula is C20H20FN3O5S. The average molecular weight is 433 g/mol.